The standard InChI is InChI=1S/C7H4BrClFNO/c8-4-1-2-5(6(10)3-4)7(9)11-12/h1-3,12H. The molecular formula is C7H4BrClFNO. The number of nitrogens with zero attached hydrogens (tertiary/aromatic N) is 1. The number of benzene rings is 1. The minimum absolute atomic E-state index is 0.0716. The van der Waals surface area contributed by atoms with Gasteiger partial charge in [-0.25, -0.2) is 4.39 Å². The van der Waals surface area contributed by atoms with Crippen LogP contribution in [0, 0.1) is 5.82 Å². The molecule has 1 rings (SSSR count). The highest BCUT2D eigenvalue weighted by Crippen LogP contribution is 2.16. The summed E-state index contributed by atoms with van der Waals surface area (Å²) in [5.41, 5.74) is 0.0716. The fourth-order valence-corrected chi connectivity index (χ4v) is 1.20. The molecule has 1 aromatic carbocycles. The van der Waals surface area contributed by atoms with Crippen LogP contribution in [0.4, 0.5) is 4.39 Å². The van der Waals surface area contributed by atoms with E-state index in [4.69, 9.17) is 16.8 Å². The SMILES string of the molecule is ON=C(Cl)c1ccc(Br)cc1F. The summed E-state index contributed by atoms with van der Waals surface area (Å²) in [5.74, 6) is -0.535. The molecular weight excluding hydrogens is 248 g/mol. The minimum atomic E-state index is -0.535. The number of hydrogen-bond donors (Lipinski definition) is 1. The Kier molecular flexibility index (Phi) is 3.05. The van der Waals surface area contributed by atoms with Crippen LogP contribution >= 0.6 is 27.5 Å². The maximum atomic E-state index is 13.0. The van der Waals surface area contributed by atoms with E-state index < -0.39 is 5.82 Å². The van der Waals surface area contributed by atoms with Gasteiger partial charge < -0.3 is 5.21 Å². The number of halogens is 3. The number of hydrogen-bond acceptors (Lipinski definition) is 2. The van der Waals surface area contributed by atoms with Crippen molar-refractivity contribution in [3.05, 3.63) is 34.1 Å². The van der Waals surface area contributed by atoms with Crippen molar-refractivity contribution < 1.29 is 9.60 Å². The normalized spacial score (nSPS) is 11.8. The van der Waals surface area contributed by atoms with Crippen molar-refractivity contribution in [2.45, 2.75) is 0 Å². The molecule has 0 saturated carbocycles. The van der Waals surface area contributed by atoms with Crippen molar-refractivity contribution in [1.29, 1.82) is 0 Å². The summed E-state index contributed by atoms with van der Waals surface area (Å²) in [6.45, 7) is 0. The van der Waals surface area contributed by atoms with Crippen LogP contribution in [0.25, 0.3) is 0 Å². The fraction of sp³-hybridized carbons (Fsp3) is 0. The maximum absolute atomic E-state index is 13.0. The zero-order valence-corrected chi connectivity index (χ0v) is 8.10. The highest BCUT2D eigenvalue weighted by Gasteiger charge is 2.07. The number of oxime groups is 1. The predicted molar refractivity (Wildman–Crippen MR) is 48.3 cm³/mol. The van der Waals surface area contributed by atoms with Gasteiger partial charge in [0.1, 0.15) is 5.82 Å². The Balaban J connectivity index is 3.18. The Labute approximate surface area is 81.8 Å². The smallest absolute Gasteiger partial charge is 0.178 e. The molecule has 0 unspecified atom stereocenters. The summed E-state index contributed by atoms with van der Waals surface area (Å²) in [6, 6.07) is 4.26. The molecule has 2 nitrogen and oxygen atoms in total. The highest BCUT2D eigenvalue weighted by molar-refractivity contribution is 9.10. The average Bonchev–Trinajstić information content (AvgIpc) is 2.03. The van der Waals surface area contributed by atoms with Crippen LogP contribution in [0.15, 0.2) is 27.8 Å². The zero-order chi connectivity index (χ0) is 9.14. The van der Waals surface area contributed by atoms with Gasteiger partial charge in [0.25, 0.3) is 0 Å². The summed E-state index contributed by atoms with van der Waals surface area (Å²) in [5, 5.41) is 10.7. The predicted octanol–water partition coefficient (Wildman–Crippen LogP) is 2.96. The lowest BCUT2D eigenvalue weighted by Crippen LogP contribution is -1.95. The summed E-state index contributed by atoms with van der Waals surface area (Å²) in [4.78, 5) is 0. The lowest BCUT2D eigenvalue weighted by atomic mass is 10.2. The van der Waals surface area contributed by atoms with Crippen LogP contribution in [-0.2, 0) is 0 Å². The summed E-state index contributed by atoms with van der Waals surface area (Å²) in [7, 11) is 0. The van der Waals surface area contributed by atoms with E-state index in [1.165, 1.54) is 12.1 Å². The highest BCUT2D eigenvalue weighted by atomic mass is 79.9. The van der Waals surface area contributed by atoms with Gasteiger partial charge in [0.05, 0.1) is 5.56 Å². The van der Waals surface area contributed by atoms with E-state index in [0.717, 1.165) is 0 Å². The topological polar surface area (TPSA) is 32.6 Å². The van der Waals surface area contributed by atoms with Gasteiger partial charge in [-0.1, -0.05) is 32.7 Å². The maximum Gasteiger partial charge on any atom is 0.178 e. The van der Waals surface area contributed by atoms with Gasteiger partial charge in [-0.15, -0.1) is 0 Å². The minimum Gasteiger partial charge on any atom is -0.410 e. The Hall–Kier alpha value is -0.610. The summed E-state index contributed by atoms with van der Waals surface area (Å²) < 4.78 is 13.6. The molecule has 1 N–H and O–H groups in total. The summed E-state index contributed by atoms with van der Waals surface area (Å²) in [6.07, 6.45) is 0. The van der Waals surface area contributed by atoms with Crippen LogP contribution < -0.4 is 0 Å². The van der Waals surface area contributed by atoms with Crippen LogP contribution in [0.1, 0.15) is 5.56 Å². The van der Waals surface area contributed by atoms with E-state index in [-0.39, 0.29) is 10.7 Å². The van der Waals surface area contributed by atoms with E-state index in [9.17, 15) is 4.39 Å². The largest absolute Gasteiger partial charge is 0.410 e. The Bertz CT molecular complexity index is 329. The quantitative estimate of drug-likeness (QED) is 0.465. The van der Waals surface area contributed by atoms with Crippen molar-refractivity contribution in [1.82, 2.24) is 0 Å². The second kappa shape index (κ2) is 3.87. The van der Waals surface area contributed by atoms with Crippen molar-refractivity contribution in [3.63, 3.8) is 0 Å². The molecule has 64 valence electrons. The monoisotopic (exact) mass is 251 g/mol. The van der Waals surface area contributed by atoms with Crippen LogP contribution in [-0.4, -0.2) is 10.4 Å². The Morgan fingerprint density at radius 1 is 1.58 bits per heavy atom. The van der Waals surface area contributed by atoms with Crippen molar-refractivity contribution in [3.8, 4) is 0 Å². The van der Waals surface area contributed by atoms with Crippen molar-refractivity contribution >= 4 is 32.7 Å². The molecule has 0 amide bonds. The average molecular weight is 252 g/mol. The Morgan fingerprint density at radius 2 is 2.25 bits per heavy atom. The first-order valence-corrected chi connectivity index (χ1v) is 4.15. The van der Waals surface area contributed by atoms with Crippen LogP contribution in [0.3, 0.4) is 0 Å². The van der Waals surface area contributed by atoms with Crippen molar-refractivity contribution in [2.24, 2.45) is 5.16 Å². The zero-order valence-electron chi connectivity index (χ0n) is 5.76. The molecule has 0 spiro atoms. The molecule has 0 aliphatic rings. The van der Waals surface area contributed by atoms with Gasteiger partial charge in [-0.05, 0) is 18.2 Å². The first-order chi connectivity index (χ1) is 5.65. The molecule has 12 heavy (non-hydrogen) atoms. The van der Waals surface area contributed by atoms with E-state index in [1.807, 2.05) is 0 Å². The Morgan fingerprint density at radius 3 is 2.75 bits per heavy atom. The molecule has 0 bridgehead atoms. The third kappa shape index (κ3) is 1.95. The lowest BCUT2D eigenvalue weighted by Gasteiger charge is -1.98. The molecule has 0 atom stereocenters. The fourth-order valence-electron chi connectivity index (χ4n) is 0.711. The summed E-state index contributed by atoms with van der Waals surface area (Å²) >= 11 is 8.47. The molecule has 5 heteroatoms. The molecule has 0 heterocycles. The van der Waals surface area contributed by atoms with Crippen molar-refractivity contribution in [2.75, 3.05) is 0 Å². The van der Waals surface area contributed by atoms with Gasteiger partial charge in [-0.2, -0.15) is 0 Å². The van der Waals surface area contributed by atoms with E-state index >= 15 is 0 Å². The molecule has 1 aromatic rings. The van der Waals surface area contributed by atoms with Crippen LogP contribution in [0.5, 0.6) is 0 Å². The molecule has 0 fully saturated rings. The van der Waals surface area contributed by atoms with E-state index in [0.29, 0.717) is 4.47 Å². The van der Waals surface area contributed by atoms with Gasteiger partial charge in [0.15, 0.2) is 5.17 Å². The molecule has 0 saturated heterocycles. The molecule has 0 aliphatic heterocycles. The van der Waals surface area contributed by atoms with Gasteiger partial charge in [0, 0.05) is 4.47 Å². The second-order valence-corrected chi connectivity index (χ2v) is 3.29. The molecule has 0 aromatic heterocycles. The van der Waals surface area contributed by atoms with Gasteiger partial charge in [0.2, 0.25) is 0 Å². The first kappa shape index (κ1) is 9.48. The molecule has 0 radical (unpaired) electrons. The first-order valence-electron chi connectivity index (χ1n) is 2.98. The second-order valence-electron chi connectivity index (χ2n) is 2.01. The van der Waals surface area contributed by atoms with E-state index in [1.54, 1.807) is 6.07 Å². The third-order valence-corrected chi connectivity index (χ3v) is 2.01. The number of rotatable bonds is 1. The molecule has 0 aliphatic carbocycles. The third-order valence-electron chi connectivity index (χ3n) is 1.24. The van der Waals surface area contributed by atoms with E-state index in [2.05, 4.69) is 21.1 Å². The lowest BCUT2D eigenvalue weighted by molar-refractivity contribution is 0.320. The van der Waals surface area contributed by atoms with Gasteiger partial charge >= 0.3 is 0 Å². The van der Waals surface area contributed by atoms with Crippen LogP contribution in [0.2, 0.25) is 0 Å². The van der Waals surface area contributed by atoms with Gasteiger partial charge in [-0.3, -0.25) is 0 Å².